The number of nitrogens with one attached hydrogen (secondary N) is 2. The second-order valence-corrected chi connectivity index (χ2v) is 5.16. The van der Waals surface area contributed by atoms with E-state index in [2.05, 4.69) is 32.0 Å². The lowest BCUT2D eigenvalue weighted by Crippen LogP contribution is -2.04. The molecule has 0 bridgehead atoms. The van der Waals surface area contributed by atoms with Crippen molar-refractivity contribution in [1.82, 2.24) is 20.2 Å². The van der Waals surface area contributed by atoms with Gasteiger partial charge in [0.15, 0.2) is 5.78 Å². The third kappa shape index (κ3) is 2.91. The molecular formula is C17H16N4O. The number of aromatic nitrogens is 4. The van der Waals surface area contributed by atoms with Gasteiger partial charge >= 0.3 is 0 Å². The molecule has 110 valence electrons. The van der Waals surface area contributed by atoms with Gasteiger partial charge in [-0.3, -0.25) is 9.89 Å². The molecule has 3 rings (SSSR count). The molecule has 3 aromatic heterocycles. The Kier molecular flexibility index (Phi) is 3.75. The largest absolute Gasteiger partial charge is 0.333 e. The van der Waals surface area contributed by atoms with Crippen molar-refractivity contribution in [1.29, 1.82) is 0 Å². The molecule has 0 aliphatic heterocycles. The highest BCUT2D eigenvalue weighted by molar-refractivity contribution is 5.96. The Morgan fingerprint density at radius 1 is 1.32 bits per heavy atom. The van der Waals surface area contributed by atoms with Crippen molar-refractivity contribution < 1.29 is 4.79 Å². The Morgan fingerprint density at radius 3 is 2.91 bits per heavy atom. The molecule has 0 aromatic carbocycles. The van der Waals surface area contributed by atoms with E-state index in [0.29, 0.717) is 5.69 Å². The number of Topliss-reactive ketones (excluding diaryl/α,β-unsaturated/α-hetero) is 1. The number of H-pyrrole nitrogens is 2. The minimum Gasteiger partial charge on any atom is -0.333 e. The van der Waals surface area contributed by atoms with Crippen LogP contribution in [0, 0.1) is 18.8 Å². The molecule has 0 spiro atoms. The minimum absolute atomic E-state index is 0.0213. The number of fused-ring (bicyclic) bond motifs is 1. The van der Waals surface area contributed by atoms with Crippen LogP contribution in [0.3, 0.4) is 0 Å². The smallest absolute Gasteiger partial charge is 0.187 e. The van der Waals surface area contributed by atoms with E-state index in [1.54, 1.807) is 12.3 Å². The van der Waals surface area contributed by atoms with Gasteiger partial charge in [0.25, 0.3) is 0 Å². The predicted molar refractivity (Wildman–Crippen MR) is 84.6 cm³/mol. The SMILES string of the molecule is CCC#Cc1cc2cc(CC(=O)c3cc(C)[nH]n3)cnc2[nH]1. The lowest BCUT2D eigenvalue weighted by Gasteiger charge is -1.98. The van der Waals surface area contributed by atoms with Crippen molar-refractivity contribution in [2.45, 2.75) is 26.7 Å². The van der Waals surface area contributed by atoms with Crippen molar-refractivity contribution in [3.63, 3.8) is 0 Å². The van der Waals surface area contributed by atoms with E-state index in [9.17, 15) is 4.79 Å². The third-order valence-corrected chi connectivity index (χ3v) is 3.28. The highest BCUT2D eigenvalue weighted by Gasteiger charge is 2.11. The van der Waals surface area contributed by atoms with Crippen molar-refractivity contribution in [2.75, 3.05) is 0 Å². The second-order valence-electron chi connectivity index (χ2n) is 5.16. The number of pyridine rings is 1. The van der Waals surface area contributed by atoms with Gasteiger partial charge < -0.3 is 4.98 Å². The van der Waals surface area contributed by atoms with Crippen molar-refractivity contribution in [3.8, 4) is 11.8 Å². The van der Waals surface area contributed by atoms with Crippen LogP contribution < -0.4 is 0 Å². The van der Waals surface area contributed by atoms with Crippen molar-refractivity contribution in [3.05, 3.63) is 47.0 Å². The average Bonchev–Trinajstić information content (AvgIpc) is 3.10. The summed E-state index contributed by atoms with van der Waals surface area (Å²) in [6.45, 7) is 3.88. The van der Waals surface area contributed by atoms with Gasteiger partial charge in [0.1, 0.15) is 11.3 Å². The summed E-state index contributed by atoms with van der Waals surface area (Å²) in [5, 5.41) is 7.74. The van der Waals surface area contributed by atoms with Gasteiger partial charge in [-0.15, -0.1) is 0 Å². The number of carbonyl (C=O) groups excluding carboxylic acids is 1. The number of hydrogen-bond acceptors (Lipinski definition) is 3. The van der Waals surface area contributed by atoms with Crippen LogP contribution in [-0.4, -0.2) is 25.9 Å². The summed E-state index contributed by atoms with van der Waals surface area (Å²) in [5.41, 5.74) is 3.83. The Bertz CT molecular complexity index is 892. The van der Waals surface area contributed by atoms with Crippen LogP contribution in [0.15, 0.2) is 24.4 Å². The minimum atomic E-state index is -0.0213. The fraction of sp³-hybridized carbons (Fsp3) is 0.235. The predicted octanol–water partition coefficient (Wildman–Crippen LogP) is 2.78. The van der Waals surface area contributed by atoms with Crippen LogP contribution in [0.1, 0.15) is 40.8 Å². The quantitative estimate of drug-likeness (QED) is 0.576. The number of aromatic amines is 2. The van der Waals surface area contributed by atoms with Gasteiger partial charge in [-0.25, -0.2) is 4.98 Å². The molecule has 2 N–H and O–H groups in total. The first-order chi connectivity index (χ1) is 10.7. The van der Waals surface area contributed by atoms with Crippen molar-refractivity contribution >= 4 is 16.8 Å². The number of ketones is 1. The summed E-state index contributed by atoms with van der Waals surface area (Å²) in [7, 11) is 0. The fourth-order valence-electron chi connectivity index (χ4n) is 2.25. The number of aryl methyl sites for hydroxylation is 1. The second kappa shape index (κ2) is 5.86. The normalized spacial score (nSPS) is 10.5. The Labute approximate surface area is 128 Å². The van der Waals surface area contributed by atoms with E-state index < -0.39 is 0 Å². The van der Waals surface area contributed by atoms with E-state index in [-0.39, 0.29) is 12.2 Å². The van der Waals surface area contributed by atoms with Crippen LogP contribution >= 0.6 is 0 Å². The first-order valence-corrected chi connectivity index (χ1v) is 7.17. The lowest BCUT2D eigenvalue weighted by atomic mass is 10.1. The molecule has 3 aromatic rings. The molecule has 0 amide bonds. The maximum absolute atomic E-state index is 12.2. The molecule has 22 heavy (non-hydrogen) atoms. The van der Waals surface area contributed by atoms with Gasteiger partial charge in [0.2, 0.25) is 0 Å². The van der Waals surface area contributed by atoms with Gasteiger partial charge in [-0.05, 0) is 36.6 Å². The van der Waals surface area contributed by atoms with E-state index >= 15 is 0 Å². The molecule has 0 saturated carbocycles. The molecule has 5 heteroatoms. The summed E-state index contributed by atoms with van der Waals surface area (Å²) >= 11 is 0. The van der Waals surface area contributed by atoms with Crippen LogP contribution in [0.5, 0.6) is 0 Å². The summed E-state index contributed by atoms with van der Waals surface area (Å²) in [5.74, 6) is 6.05. The van der Waals surface area contributed by atoms with Crippen LogP contribution in [0.4, 0.5) is 0 Å². The van der Waals surface area contributed by atoms with Gasteiger partial charge in [-0.1, -0.05) is 12.8 Å². The Hall–Kier alpha value is -2.87. The summed E-state index contributed by atoms with van der Waals surface area (Å²) in [4.78, 5) is 19.7. The summed E-state index contributed by atoms with van der Waals surface area (Å²) in [6.07, 6.45) is 2.81. The van der Waals surface area contributed by atoms with E-state index in [1.807, 2.05) is 26.0 Å². The lowest BCUT2D eigenvalue weighted by molar-refractivity contribution is 0.0988. The Morgan fingerprint density at radius 2 is 2.18 bits per heavy atom. The molecular weight excluding hydrogens is 276 g/mol. The van der Waals surface area contributed by atoms with E-state index in [4.69, 9.17) is 0 Å². The standard InChI is InChI=1S/C17H16N4O/c1-3-4-5-14-9-13-7-12(10-18-17(13)19-14)8-16(22)15-6-11(2)20-21-15/h6-7,9-10H,3,8H2,1-2H3,(H,18,19)(H,20,21). The van der Waals surface area contributed by atoms with Gasteiger partial charge in [-0.2, -0.15) is 5.10 Å². The van der Waals surface area contributed by atoms with Crippen LogP contribution in [0.25, 0.3) is 11.0 Å². The molecule has 0 radical (unpaired) electrons. The Balaban J connectivity index is 1.84. The topological polar surface area (TPSA) is 74.4 Å². The first kappa shape index (κ1) is 14.1. The number of carbonyl (C=O) groups is 1. The molecule has 0 saturated heterocycles. The molecule has 0 aliphatic rings. The maximum atomic E-state index is 12.2. The summed E-state index contributed by atoms with van der Waals surface area (Å²) < 4.78 is 0. The summed E-state index contributed by atoms with van der Waals surface area (Å²) in [6, 6.07) is 5.67. The zero-order chi connectivity index (χ0) is 15.5. The number of hydrogen-bond donors (Lipinski definition) is 2. The molecule has 0 unspecified atom stereocenters. The molecule has 3 heterocycles. The molecule has 0 aliphatic carbocycles. The molecule has 0 atom stereocenters. The highest BCUT2D eigenvalue weighted by Crippen LogP contribution is 2.16. The van der Waals surface area contributed by atoms with E-state index in [0.717, 1.165) is 34.4 Å². The fourth-order valence-corrected chi connectivity index (χ4v) is 2.25. The highest BCUT2D eigenvalue weighted by atomic mass is 16.1. The maximum Gasteiger partial charge on any atom is 0.187 e. The van der Waals surface area contributed by atoms with Gasteiger partial charge in [0, 0.05) is 30.1 Å². The zero-order valence-electron chi connectivity index (χ0n) is 12.5. The number of rotatable bonds is 3. The third-order valence-electron chi connectivity index (χ3n) is 3.28. The first-order valence-electron chi connectivity index (χ1n) is 7.17. The van der Waals surface area contributed by atoms with Crippen LogP contribution in [-0.2, 0) is 6.42 Å². The average molecular weight is 292 g/mol. The van der Waals surface area contributed by atoms with Crippen LogP contribution in [0.2, 0.25) is 0 Å². The molecule has 5 nitrogen and oxygen atoms in total. The zero-order valence-corrected chi connectivity index (χ0v) is 12.5. The number of nitrogens with zero attached hydrogens (tertiary/aromatic N) is 2. The van der Waals surface area contributed by atoms with Gasteiger partial charge in [0.05, 0.1) is 5.69 Å². The van der Waals surface area contributed by atoms with Crippen molar-refractivity contribution in [2.24, 2.45) is 0 Å². The van der Waals surface area contributed by atoms with E-state index in [1.165, 1.54) is 0 Å². The monoisotopic (exact) mass is 292 g/mol. The molecule has 0 fully saturated rings.